The van der Waals surface area contributed by atoms with Gasteiger partial charge in [-0.15, -0.1) is 0 Å². The minimum atomic E-state index is -2.07. The Morgan fingerprint density at radius 3 is 1.58 bits per heavy atom. The van der Waals surface area contributed by atoms with Gasteiger partial charge < -0.3 is 13.3 Å². The van der Waals surface area contributed by atoms with E-state index in [2.05, 4.69) is 107 Å². The number of rotatable bonds is 12. The fourth-order valence-corrected chi connectivity index (χ4v) is 8.97. The molecule has 0 saturated carbocycles. The Morgan fingerprint density at radius 1 is 0.788 bits per heavy atom. The molecular weight excluding hydrogens is 461 g/mol. The minimum absolute atomic E-state index is 0.0580. The Hall–Kier alpha value is -0.239. The molecule has 0 aliphatic carbocycles. The van der Waals surface area contributed by atoms with Crippen LogP contribution in [-0.2, 0) is 18.1 Å². The smallest absolute Gasteiger partial charge is 0.193 e. The molecule has 0 aromatic carbocycles. The summed E-state index contributed by atoms with van der Waals surface area (Å²) in [6, 6.07) is 3.24. The quantitative estimate of drug-likeness (QED) is 0.152. The molecule has 0 amide bonds. The third-order valence-electron chi connectivity index (χ3n) is 8.14. The monoisotopic (exact) mass is 514 g/mol. The largest absolute Gasteiger partial charge is 0.412 e. The van der Waals surface area contributed by atoms with E-state index >= 15 is 0 Å². The average molecular weight is 515 g/mol. The number of carbonyl (C=O) groups is 1. The van der Waals surface area contributed by atoms with Crippen molar-refractivity contribution in [3.63, 3.8) is 0 Å². The van der Waals surface area contributed by atoms with E-state index in [4.69, 9.17) is 13.3 Å². The Morgan fingerprint density at radius 2 is 1.21 bits per heavy atom. The first-order valence-corrected chi connectivity index (χ1v) is 21.1. The van der Waals surface area contributed by atoms with Crippen LogP contribution in [0.25, 0.3) is 0 Å². The van der Waals surface area contributed by atoms with E-state index in [0.717, 1.165) is 18.1 Å². The highest BCUT2D eigenvalue weighted by Gasteiger charge is 2.44. The minimum Gasteiger partial charge on any atom is -0.412 e. The van der Waals surface area contributed by atoms with Gasteiger partial charge in [0.1, 0.15) is 6.10 Å². The van der Waals surface area contributed by atoms with Gasteiger partial charge in [-0.05, 0) is 67.2 Å². The first kappa shape index (κ1) is 32.8. The van der Waals surface area contributed by atoms with Gasteiger partial charge in [0.05, 0.1) is 12.2 Å². The summed E-state index contributed by atoms with van der Waals surface area (Å²) in [4.78, 5) is 11.1. The molecular formula is C26H54O4Si3. The zero-order chi connectivity index (χ0) is 26.3. The van der Waals surface area contributed by atoms with Gasteiger partial charge >= 0.3 is 0 Å². The second-order valence-electron chi connectivity index (χ2n) is 12.5. The fraction of sp³-hybridized carbons (Fsp3) is 0.885. The van der Waals surface area contributed by atoms with Crippen LogP contribution in [0.3, 0.4) is 0 Å². The summed E-state index contributed by atoms with van der Waals surface area (Å²) < 4.78 is 20.5. The molecule has 0 N–H and O–H groups in total. The summed E-state index contributed by atoms with van der Waals surface area (Å²) in [5, 5.41) is 0.178. The molecule has 0 heterocycles. The van der Waals surface area contributed by atoms with Crippen molar-refractivity contribution in [2.45, 2.75) is 148 Å². The highest BCUT2D eigenvalue weighted by molar-refractivity contribution is 6.75. The number of hydrogen-bond acceptors (Lipinski definition) is 4. The normalized spacial score (nSPS) is 16.5. The van der Waals surface area contributed by atoms with Crippen molar-refractivity contribution < 1.29 is 18.1 Å². The van der Waals surface area contributed by atoms with Crippen LogP contribution in [0.2, 0.25) is 54.4 Å². The molecule has 0 aliphatic rings. The van der Waals surface area contributed by atoms with Crippen molar-refractivity contribution in [2.75, 3.05) is 0 Å². The van der Waals surface area contributed by atoms with Crippen LogP contribution in [0.1, 0.15) is 75.7 Å². The molecule has 0 rings (SSSR count). The van der Waals surface area contributed by atoms with Gasteiger partial charge in [-0.2, -0.15) is 0 Å². The molecule has 0 spiro atoms. The van der Waals surface area contributed by atoms with Gasteiger partial charge in [-0.3, -0.25) is 4.79 Å². The number of hydrogen-bond donors (Lipinski definition) is 0. The van der Waals surface area contributed by atoms with E-state index in [-0.39, 0.29) is 28.4 Å². The van der Waals surface area contributed by atoms with Gasteiger partial charge in [0, 0.05) is 6.42 Å². The van der Waals surface area contributed by atoms with Crippen LogP contribution in [0.5, 0.6) is 0 Å². The SMILES string of the molecule is CC[Si](CC)(CC)O[C@H](C[C@@H](C#CC=O)O[Si](C)(C)C(C)(C)C)[C@H](C)O[Si](C)(C)C(C)(C)C. The standard InChI is InChI=1S/C26H54O4Si3/c1-15-33(16-2,17-3)30-24(22(4)28-31(11,12)25(5,6)7)21-23(19-18-20-27)29-32(13,14)26(8,9)10/h20,22-24H,15-17,21H2,1-14H3/t22-,23+,24+/m0/s1. The summed E-state index contributed by atoms with van der Waals surface area (Å²) >= 11 is 0. The molecule has 194 valence electrons. The highest BCUT2D eigenvalue weighted by atomic mass is 28.4. The molecule has 0 saturated heterocycles. The van der Waals surface area contributed by atoms with E-state index in [0.29, 0.717) is 12.7 Å². The maximum Gasteiger partial charge on any atom is 0.193 e. The number of aldehydes is 1. The first-order chi connectivity index (χ1) is 14.8. The van der Waals surface area contributed by atoms with Crippen LogP contribution in [0.4, 0.5) is 0 Å². The van der Waals surface area contributed by atoms with Gasteiger partial charge in [0.25, 0.3) is 0 Å². The van der Waals surface area contributed by atoms with Crippen LogP contribution in [0.15, 0.2) is 0 Å². The Balaban J connectivity index is 6.18. The van der Waals surface area contributed by atoms with Gasteiger partial charge in [-0.1, -0.05) is 68.2 Å². The zero-order valence-corrected chi connectivity index (χ0v) is 27.3. The van der Waals surface area contributed by atoms with E-state index in [9.17, 15) is 4.79 Å². The Bertz CT molecular complexity index is 653. The summed E-state index contributed by atoms with van der Waals surface area (Å²) in [6.07, 6.45) is 0.769. The Labute approximate surface area is 209 Å². The van der Waals surface area contributed by atoms with Gasteiger partial charge in [0.15, 0.2) is 31.2 Å². The van der Waals surface area contributed by atoms with Crippen molar-refractivity contribution in [2.24, 2.45) is 0 Å². The molecule has 7 heteroatoms. The van der Waals surface area contributed by atoms with Crippen molar-refractivity contribution >= 4 is 31.2 Å². The first-order valence-electron chi connectivity index (χ1n) is 12.8. The second kappa shape index (κ2) is 12.6. The Kier molecular flexibility index (Phi) is 12.5. The molecule has 4 nitrogen and oxygen atoms in total. The second-order valence-corrected chi connectivity index (χ2v) is 26.7. The van der Waals surface area contributed by atoms with E-state index in [1.807, 2.05) is 0 Å². The van der Waals surface area contributed by atoms with Crippen molar-refractivity contribution in [1.82, 2.24) is 0 Å². The topological polar surface area (TPSA) is 44.8 Å². The zero-order valence-electron chi connectivity index (χ0n) is 24.3. The molecule has 0 aromatic rings. The lowest BCUT2D eigenvalue weighted by molar-refractivity contribution is -0.103. The maximum absolute atomic E-state index is 11.1. The third-order valence-corrected chi connectivity index (χ3v) is 21.9. The maximum atomic E-state index is 11.1. The molecule has 3 atom stereocenters. The molecule has 0 radical (unpaired) electrons. The predicted molar refractivity (Wildman–Crippen MR) is 150 cm³/mol. The lowest BCUT2D eigenvalue weighted by Gasteiger charge is -2.44. The van der Waals surface area contributed by atoms with Crippen LogP contribution < -0.4 is 0 Å². The van der Waals surface area contributed by atoms with E-state index in [1.165, 1.54) is 0 Å². The summed E-state index contributed by atoms with van der Waals surface area (Å²) in [6.45, 7) is 31.5. The van der Waals surface area contributed by atoms with E-state index < -0.39 is 25.0 Å². The van der Waals surface area contributed by atoms with Crippen LogP contribution in [-0.4, -0.2) is 49.6 Å². The number of carbonyl (C=O) groups excluding carboxylic acids is 1. The fourth-order valence-electron chi connectivity index (χ4n) is 3.38. The van der Waals surface area contributed by atoms with Gasteiger partial charge in [-0.25, -0.2) is 0 Å². The molecule has 0 fully saturated rings. The lowest BCUT2D eigenvalue weighted by atomic mass is 10.1. The van der Waals surface area contributed by atoms with Gasteiger partial charge in [0.2, 0.25) is 0 Å². The molecule has 0 bridgehead atoms. The van der Waals surface area contributed by atoms with Crippen molar-refractivity contribution in [3.05, 3.63) is 0 Å². The summed E-state index contributed by atoms with van der Waals surface area (Å²) in [5.74, 6) is 5.74. The van der Waals surface area contributed by atoms with Crippen molar-refractivity contribution in [1.29, 1.82) is 0 Å². The predicted octanol–water partition coefficient (Wildman–Crippen LogP) is 7.77. The molecule has 0 unspecified atom stereocenters. The summed E-state index contributed by atoms with van der Waals surface area (Å²) in [5.41, 5.74) is 0. The third kappa shape index (κ3) is 9.73. The van der Waals surface area contributed by atoms with E-state index in [1.54, 1.807) is 0 Å². The highest BCUT2D eigenvalue weighted by Crippen LogP contribution is 2.40. The summed E-state index contributed by atoms with van der Waals surface area (Å²) in [7, 11) is -5.94. The van der Waals surface area contributed by atoms with Crippen LogP contribution >= 0.6 is 0 Å². The van der Waals surface area contributed by atoms with Crippen LogP contribution in [0, 0.1) is 11.8 Å². The van der Waals surface area contributed by atoms with Crippen molar-refractivity contribution in [3.8, 4) is 11.8 Å². The molecule has 33 heavy (non-hydrogen) atoms. The molecule has 0 aromatic heterocycles. The molecule has 0 aliphatic heterocycles. The lowest BCUT2D eigenvalue weighted by Crippen LogP contribution is -2.51. The average Bonchev–Trinajstić information content (AvgIpc) is 2.67.